The number of aryl methyl sites for hydroxylation is 1. The van der Waals surface area contributed by atoms with Crippen LogP contribution in [0.1, 0.15) is 17.5 Å². The number of urea groups is 1. The number of halogens is 1. The lowest BCUT2D eigenvalue weighted by Gasteiger charge is -2.22. The maximum absolute atomic E-state index is 13.4. The van der Waals surface area contributed by atoms with E-state index in [0.29, 0.717) is 22.1 Å². The van der Waals surface area contributed by atoms with Gasteiger partial charge in [-0.05, 0) is 66.6 Å². The van der Waals surface area contributed by atoms with Crippen molar-refractivity contribution in [2.45, 2.75) is 25.9 Å². The number of amides is 4. The van der Waals surface area contributed by atoms with Crippen LogP contribution < -0.4 is 15.0 Å². The highest BCUT2D eigenvalue weighted by Crippen LogP contribution is 2.29. The maximum Gasteiger partial charge on any atom is 0.332 e. The summed E-state index contributed by atoms with van der Waals surface area (Å²) in [5, 5.41) is 3.32. The minimum absolute atomic E-state index is 0.156. The molecule has 1 saturated heterocycles. The number of nitrogens with one attached hydrogen (secondary N) is 1. The normalized spacial score (nSPS) is 15.6. The van der Waals surface area contributed by atoms with E-state index in [1.54, 1.807) is 61.7 Å². The van der Waals surface area contributed by atoms with E-state index in [9.17, 15) is 14.4 Å². The molecular formula is C26H24ClN3O4. The van der Waals surface area contributed by atoms with Gasteiger partial charge in [0.25, 0.3) is 5.91 Å². The summed E-state index contributed by atoms with van der Waals surface area (Å²) in [6.07, 6.45) is -0.181. The summed E-state index contributed by atoms with van der Waals surface area (Å²) in [6, 6.07) is 19.7. The van der Waals surface area contributed by atoms with Crippen molar-refractivity contribution in [3.8, 4) is 5.75 Å². The molecule has 4 rings (SSSR count). The van der Waals surface area contributed by atoms with Crippen LogP contribution in [-0.4, -0.2) is 35.9 Å². The minimum atomic E-state index is -0.952. The van der Waals surface area contributed by atoms with Gasteiger partial charge in [0.15, 0.2) is 0 Å². The van der Waals surface area contributed by atoms with Gasteiger partial charge >= 0.3 is 6.03 Å². The van der Waals surface area contributed by atoms with Crippen molar-refractivity contribution in [3.05, 3.63) is 88.9 Å². The van der Waals surface area contributed by atoms with Gasteiger partial charge in [-0.2, -0.15) is 0 Å². The second-order valence-electron chi connectivity index (χ2n) is 8.05. The van der Waals surface area contributed by atoms with Crippen LogP contribution in [0, 0.1) is 6.92 Å². The van der Waals surface area contributed by atoms with Gasteiger partial charge in [-0.15, -0.1) is 0 Å². The number of hydrogen-bond donors (Lipinski definition) is 1. The van der Waals surface area contributed by atoms with Crippen LogP contribution in [-0.2, 0) is 16.1 Å². The largest absolute Gasteiger partial charge is 0.497 e. The second-order valence-corrected chi connectivity index (χ2v) is 8.49. The average molecular weight is 478 g/mol. The maximum atomic E-state index is 13.4. The van der Waals surface area contributed by atoms with Crippen LogP contribution in [0.5, 0.6) is 5.75 Å². The molecule has 0 aromatic heterocycles. The van der Waals surface area contributed by atoms with Gasteiger partial charge in [0, 0.05) is 17.3 Å². The van der Waals surface area contributed by atoms with E-state index in [4.69, 9.17) is 16.3 Å². The van der Waals surface area contributed by atoms with Crippen molar-refractivity contribution >= 4 is 40.8 Å². The standard InChI is InChI=1S/C26H24ClN3O4/c1-17-5-3-7-21(13-17)30-25(32)23(15-24(31)28-20-11-9-19(27)10-12-20)29(26(30)33)16-18-6-4-8-22(14-18)34-2/h3-14,23H,15-16H2,1-2H3,(H,28,31)/t23-/m1/s1. The summed E-state index contributed by atoms with van der Waals surface area (Å²) in [5.74, 6) is -0.178. The van der Waals surface area contributed by atoms with Gasteiger partial charge in [0.05, 0.1) is 19.2 Å². The highest BCUT2D eigenvalue weighted by molar-refractivity contribution is 6.30. The number of hydrogen-bond acceptors (Lipinski definition) is 4. The van der Waals surface area contributed by atoms with Gasteiger partial charge in [0.1, 0.15) is 11.8 Å². The molecule has 0 unspecified atom stereocenters. The predicted octanol–water partition coefficient (Wildman–Crippen LogP) is 5.02. The number of ether oxygens (including phenoxy) is 1. The highest BCUT2D eigenvalue weighted by Gasteiger charge is 2.46. The Morgan fingerprint density at radius 2 is 1.76 bits per heavy atom. The predicted molar refractivity (Wildman–Crippen MR) is 131 cm³/mol. The Labute approximate surface area is 202 Å². The Kier molecular flexibility index (Phi) is 6.84. The number of anilines is 2. The van der Waals surface area contributed by atoms with Crippen molar-refractivity contribution in [1.29, 1.82) is 0 Å². The summed E-state index contributed by atoms with van der Waals surface area (Å²) in [7, 11) is 1.56. The Bertz CT molecular complexity index is 1230. The summed E-state index contributed by atoms with van der Waals surface area (Å²) in [4.78, 5) is 42.3. The van der Waals surface area contributed by atoms with E-state index in [0.717, 1.165) is 16.0 Å². The highest BCUT2D eigenvalue weighted by atomic mass is 35.5. The molecule has 4 amide bonds. The van der Waals surface area contributed by atoms with Crippen LogP contribution in [0.25, 0.3) is 0 Å². The fourth-order valence-electron chi connectivity index (χ4n) is 3.91. The van der Waals surface area contributed by atoms with E-state index >= 15 is 0 Å². The van der Waals surface area contributed by atoms with Crippen molar-refractivity contribution in [1.82, 2.24) is 4.90 Å². The number of methoxy groups -OCH3 is 1. The molecule has 0 radical (unpaired) electrons. The van der Waals surface area contributed by atoms with Crippen molar-refractivity contribution in [3.63, 3.8) is 0 Å². The van der Waals surface area contributed by atoms with E-state index in [1.807, 2.05) is 25.1 Å². The lowest BCUT2D eigenvalue weighted by atomic mass is 10.1. The number of nitrogens with zero attached hydrogens (tertiary/aromatic N) is 2. The van der Waals surface area contributed by atoms with Crippen LogP contribution in [0.2, 0.25) is 5.02 Å². The topological polar surface area (TPSA) is 79.0 Å². The number of benzene rings is 3. The molecule has 1 heterocycles. The minimum Gasteiger partial charge on any atom is -0.497 e. The molecule has 3 aromatic rings. The monoisotopic (exact) mass is 477 g/mol. The first-order valence-electron chi connectivity index (χ1n) is 10.8. The summed E-state index contributed by atoms with van der Waals surface area (Å²) in [6.45, 7) is 2.04. The number of rotatable bonds is 7. The number of imide groups is 1. The van der Waals surface area contributed by atoms with Crippen LogP contribution in [0.3, 0.4) is 0 Å². The fraction of sp³-hybridized carbons (Fsp3) is 0.192. The Hall–Kier alpha value is -3.84. The van der Waals surface area contributed by atoms with Gasteiger partial charge in [-0.1, -0.05) is 35.9 Å². The molecule has 174 valence electrons. The third-order valence-electron chi connectivity index (χ3n) is 5.57. The molecule has 1 fully saturated rings. The lowest BCUT2D eigenvalue weighted by molar-refractivity contribution is -0.124. The zero-order valence-electron chi connectivity index (χ0n) is 18.8. The molecule has 0 spiro atoms. The van der Waals surface area contributed by atoms with Gasteiger partial charge in [-0.25, -0.2) is 9.69 Å². The van der Waals surface area contributed by atoms with Crippen molar-refractivity contribution in [2.75, 3.05) is 17.3 Å². The first kappa shape index (κ1) is 23.3. The molecule has 0 bridgehead atoms. The molecule has 8 heteroatoms. The molecule has 3 aromatic carbocycles. The van der Waals surface area contributed by atoms with Crippen LogP contribution >= 0.6 is 11.6 Å². The van der Waals surface area contributed by atoms with Gasteiger partial charge in [0.2, 0.25) is 5.91 Å². The first-order valence-corrected chi connectivity index (χ1v) is 11.1. The molecule has 1 atom stereocenters. The number of carbonyl (C=O) groups is 3. The quantitative estimate of drug-likeness (QED) is 0.484. The molecule has 1 aliphatic heterocycles. The van der Waals surface area contributed by atoms with Crippen molar-refractivity contribution < 1.29 is 19.1 Å². The molecule has 0 saturated carbocycles. The molecule has 1 aliphatic rings. The zero-order chi connectivity index (χ0) is 24.2. The second kappa shape index (κ2) is 9.97. The Morgan fingerprint density at radius 3 is 2.47 bits per heavy atom. The van der Waals surface area contributed by atoms with E-state index < -0.39 is 18.0 Å². The van der Waals surface area contributed by atoms with E-state index in [1.165, 1.54) is 4.90 Å². The van der Waals surface area contributed by atoms with Crippen molar-refractivity contribution in [2.24, 2.45) is 0 Å². The third-order valence-corrected chi connectivity index (χ3v) is 5.82. The smallest absolute Gasteiger partial charge is 0.332 e. The molecule has 0 aliphatic carbocycles. The van der Waals surface area contributed by atoms with Crippen LogP contribution in [0.4, 0.5) is 16.2 Å². The van der Waals surface area contributed by atoms with E-state index in [-0.39, 0.29) is 18.9 Å². The Morgan fingerprint density at radius 1 is 1.03 bits per heavy atom. The first-order chi connectivity index (χ1) is 16.4. The average Bonchev–Trinajstić information content (AvgIpc) is 3.04. The molecular weight excluding hydrogens is 454 g/mol. The van der Waals surface area contributed by atoms with Gasteiger partial charge < -0.3 is 15.0 Å². The third kappa shape index (κ3) is 5.05. The van der Waals surface area contributed by atoms with Gasteiger partial charge in [-0.3, -0.25) is 9.59 Å². The van der Waals surface area contributed by atoms with Crippen LogP contribution in [0.15, 0.2) is 72.8 Å². The van der Waals surface area contributed by atoms with E-state index in [2.05, 4.69) is 5.32 Å². The zero-order valence-corrected chi connectivity index (χ0v) is 19.6. The summed E-state index contributed by atoms with van der Waals surface area (Å²) >= 11 is 5.91. The lowest BCUT2D eigenvalue weighted by Crippen LogP contribution is -2.37. The molecule has 7 nitrogen and oxygen atoms in total. The Balaban J connectivity index is 1.61. The SMILES string of the molecule is COc1cccc(CN2C(=O)N(c3cccc(C)c3)C(=O)[C@H]2CC(=O)Nc2ccc(Cl)cc2)c1. The molecule has 1 N–H and O–H groups in total. The number of carbonyl (C=O) groups excluding carboxylic acids is 3. The summed E-state index contributed by atoms with van der Waals surface area (Å²) in [5.41, 5.74) is 2.74. The fourth-order valence-corrected chi connectivity index (χ4v) is 4.03. The summed E-state index contributed by atoms with van der Waals surface area (Å²) < 4.78 is 5.28. The molecule has 34 heavy (non-hydrogen) atoms.